The van der Waals surface area contributed by atoms with Gasteiger partial charge in [0.05, 0.1) is 12.2 Å². The van der Waals surface area contributed by atoms with Gasteiger partial charge in [-0.2, -0.15) is 0 Å². The summed E-state index contributed by atoms with van der Waals surface area (Å²) in [4.78, 5) is 11.3. The Morgan fingerprint density at radius 3 is 2.70 bits per heavy atom. The van der Waals surface area contributed by atoms with Gasteiger partial charge in [-0.25, -0.2) is 4.98 Å². The maximum absolute atomic E-state index is 4.77. The largest absolute Gasteiger partial charge is 0.356 e. The van der Waals surface area contributed by atoms with Gasteiger partial charge in [-0.05, 0) is 19.1 Å². The maximum atomic E-state index is 4.77. The smallest absolute Gasteiger partial charge is 0.193 e. The SMILES string of the molecule is CN=C(NCCc1csc(-c2ccc(C)cc2)n1)N(C)Cc1cccn1C. The highest BCUT2D eigenvalue weighted by Crippen LogP contribution is 2.24. The van der Waals surface area contributed by atoms with Crippen LogP contribution in [0.5, 0.6) is 0 Å². The topological polar surface area (TPSA) is 45.5 Å². The highest BCUT2D eigenvalue weighted by Gasteiger charge is 2.09. The number of rotatable bonds is 6. The van der Waals surface area contributed by atoms with Crippen LogP contribution in [0.3, 0.4) is 0 Å². The van der Waals surface area contributed by atoms with Crippen LogP contribution < -0.4 is 5.32 Å². The van der Waals surface area contributed by atoms with Crippen LogP contribution in [-0.4, -0.2) is 41.1 Å². The van der Waals surface area contributed by atoms with E-state index in [4.69, 9.17) is 4.98 Å². The second-order valence-electron chi connectivity index (χ2n) is 6.70. The second-order valence-corrected chi connectivity index (χ2v) is 7.56. The number of guanidine groups is 1. The molecule has 0 bridgehead atoms. The van der Waals surface area contributed by atoms with Crippen LogP contribution in [0.15, 0.2) is 53.0 Å². The summed E-state index contributed by atoms with van der Waals surface area (Å²) in [6, 6.07) is 12.7. The molecule has 0 fully saturated rings. The summed E-state index contributed by atoms with van der Waals surface area (Å²) in [5.41, 5.74) is 4.82. The average Bonchev–Trinajstić information content (AvgIpc) is 3.29. The van der Waals surface area contributed by atoms with Crippen molar-refractivity contribution in [1.82, 2.24) is 19.8 Å². The van der Waals surface area contributed by atoms with E-state index in [9.17, 15) is 0 Å². The van der Waals surface area contributed by atoms with Crippen LogP contribution in [0.4, 0.5) is 0 Å². The Bertz CT molecular complexity index is 891. The van der Waals surface area contributed by atoms with Crippen molar-refractivity contribution in [3.05, 3.63) is 64.9 Å². The van der Waals surface area contributed by atoms with Crippen molar-refractivity contribution < 1.29 is 0 Å². The molecule has 2 aromatic heterocycles. The van der Waals surface area contributed by atoms with Crippen LogP contribution in [-0.2, 0) is 20.0 Å². The monoisotopic (exact) mass is 381 g/mol. The summed E-state index contributed by atoms with van der Waals surface area (Å²) in [6.07, 6.45) is 2.94. The molecule has 0 amide bonds. The molecule has 0 atom stereocenters. The van der Waals surface area contributed by atoms with Gasteiger partial charge in [0.1, 0.15) is 5.01 Å². The Morgan fingerprint density at radius 2 is 2.04 bits per heavy atom. The van der Waals surface area contributed by atoms with Crippen LogP contribution in [0, 0.1) is 6.92 Å². The lowest BCUT2D eigenvalue weighted by atomic mass is 10.2. The summed E-state index contributed by atoms with van der Waals surface area (Å²) in [7, 11) is 5.94. The molecule has 0 aliphatic carbocycles. The zero-order valence-electron chi connectivity index (χ0n) is 16.4. The van der Waals surface area contributed by atoms with E-state index in [0.29, 0.717) is 0 Å². The zero-order chi connectivity index (χ0) is 19.2. The molecule has 0 saturated heterocycles. The van der Waals surface area contributed by atoms with Crippen LogP contribution in [0.25, 0.3) is 10.6 Å². The molecule has 1 N–H and O–H groups in total. The van der Waals surface area contributed by atoms with Gasteiger partial charge in [0.25, 0.3) is 0 Å². The molecule has 2 heterocycles. The molecule has 0 spiro atoms. The van der Waals surface area contributed by atoms with Crippen molar-refractivity contribution in [1.29, 1.82) is 0 Å². The van der Waals surface area contributed by atoms with Gasteiger partial charge in [0.15, 0.2) is 5.96 Å². The lowest BCUT2D eigenvalue weighted by Crippen LogP contribution is -2.39. The van der Waals surface area contributed by atoms with Crippen molar-refractivity contribution in [2.45, 2.75) is 19.9 Å². The van der Waals surface area contributed by atoms with E-state index in [2.05, 4.69) is 88.8 Å². The third-order valence-electron chi connectivity index (χ3n) is 4.54. The minimum Gasteiger partial charge on any atom is -0.356 e. The first-order chi connectivity index (χ1) is 13.1. The minimum atomic E-state index is 0.807. The predicted octanol–water partition coefficient (Wildman–Crippen LogP) is 3.71. The zero-order valence-corrected chi connectivity index (χ0v) is 17.3. The van der Waals surface area contributed by atoms with Crippen molar-refractivity contribution in [3.8, 4) is 10.6 Å². The van der Waals surface area contributed by atoms with E-state index in [1.807, 2.05) is 7.05 Å². The summed E-state index contributed by atoms with van der Waals surface area (Å²) < 4.78 is 2.13. The molecule has 6 heteroatoms. The first-order valence-electron chi connectivity index (χ1n) is 9.10. The number of aromatic nitrogens is 2. The fraction of sp³-hybridized carbons (Fsp3) is 0.333. The summed E-state index contributed by atoms with van der Waals surface area (Å²) in [5.74, 6) is 0.894. The number of aliphatic imine (C=N–C) groups is 1. The van der Waals surface area contributed by atoms with Crippen LogP contribution in [0.1, 0.15) is 17.0 Å². The lowest BCUT2D eigenvalue weighted by Gasteiger charge is -2.22. The van der Waals surface area contributed by atoms with Gasteiger partial charge >= 0.3 is 0 Å². The number of nitrogens with one attached hydrogen (secondary N) is 1. The Morgan fingerprint density at radius 1 is 1.26 bits per heavy atom. The molecule has 5 nitrogen and oxygen atoms in total. The standard InChI is InChI=1S/C21H27N5S/c1-16-7-9-17(10-8-16)20-24-18(15-27-20)11-12-23-21(22-2)26(4)14-19-6-5-13-25(19)3/h5-10,13,15H,11-12,14H2,1-4H3,(H,22,23). The Kier molecular flexibility index (Phi) is 6.29. The van der Waals surface area contributed by atoms with Gasteiger partial charge in [-0.1, -0.05) is 29.8 Å². The molecular formula is C21H27N5S. The van der Waals surface area contributed by atoms with E-state index < -0.39 is 0 Å². The molecule has 0 radical (unpaired) electrons. The first-order valence-corrected chi connectivity index (χ1v) is 9.98. The van der Waals surface area contributed by atoms with Gasteiger partial charge in [0, 0.05) is 56.9 Å². The predicted molar refractivity (Wildman–Crippen MR) is 114 cm³/mol. The van der Waals surface area contributed by atoms with Gasteiger partial charge in [0.2, 0.25) is 0 Å². The van der Waals surface area contributed by atoms with E-state index in [1.165, 1.54) is 16.8 Å². The third-order valence-corrected chi connectivity index (χ3v) is 5.48. The van der Waals surface area contributed by atoms with Gasteiger partial charge < -0.3 is 14.8 Å². The van der Waals surface area contributed by atoms with E-state index in [1.54, 1.807) is 11.3 Å². The number of aryl methyl sites for hydroxylation is 2. The van der Waals surface area contributed by atoms with Crippen LogP contribution in [0.2, 0.25) is 0 Å². The molecule has 142 valence electrons. The van der Waals surface area contributed by atoms with Crippen molar-refractivity contribution in [2.24, 2.45) is 12.0 Å². The van der Waals surface area contributed by atoms with Crippen molar-refractivity contribution >= 4 is 17.3 Å². The number of hydrogen-bond donors (Lipinski definition) is 1. The van der Waals surface area contributed by atoms with E-state index in [0.717, 1.165) is 36.2 Å². The Balaban J connectivity index is 1.52. The average molecular weight is 382 g/mol. The molecule has 3 rings (SSSR count). The fourth-order valence-corrected chi connectivity index (χ4v) is 3.78. The van der Waals surface area contributed by atoms with E-state index >= 15 is 0 Å². The molecule has 0 saturated carbocycles. The fourth-order valence-electron chi connectivity index (χ4n) is 2.92. The lowest BCUT2D eigenvalue weighted by molar-refractivity contribution is 0.462. The Labute approximate surface area is 165 Å². The van der Waals surface area contributed by atoms with Crippen molar-refractivity contribution in [2.75, 3.05) is 20.6 Å². The normalized spacial score (nSPS) is 11.6. The highest BCUT2D eigenvalue weighted by atomic mass is 32.1. The van der Waals surface area contributed by atoms with Gasteiger partial charge in [-0.15, -0.1) is 11.3 Å². The Hall–Kier alpha value is -2.60. The summed E-state index contributed by atoms with van der Waals surface area (Å²) in [6.45, 7) is 3.73. The van der Waals surface area contributed by atoms with Crippen molar-refractivity contribution in [3.63, 3.8) is 0 Å². The van der Waals surface area contributed by atoms with Crippen LogP contribution >= 0.6 is 11.3 Å². The number of thiazole rings is 1. The highest BCUT2D eigenvalue weighted by molar-refractivity contribution is 7.13. The summed E-state index contributed by atoms with van der Waals surface area (Å²) in [5, 5.41) is 6.66. The summed E-state index contributed by atoms with van der Waals surface area (Å²) >= 11 is 1.70. The molecule has 0 aliphatic rings. The quantitative estimate of drug-likeness (QED) is 0.523. The third kappa shape index (κ3) is 4.98. The maximum Gasteiger partial charge on any atom is 0.193 e. The first kappa shape index (κ1) is 19.2. The minimum absolute atomic E-state index is 0.807. The number of benzene rings is 1. The molecular weight excluding hydrogens is 354 g/mol. The number of nitrogens with zero attached hydrogens (tertiary/aromatic N) is 4. The number of hydrogen-bond acceptors (Lipinski definition) is 3. The molecule has 1 aromatic carbocycles. The molecule has 27 heavy (non-hydrogen) atoms. The van der Waals surface area contributed by atoms with Gasteiger partial charge in [-0.3, -0.25) is 4.99 Å². The molecule has 3 aromatic rings. The molecule has 0 aliphatic heterocycles. The van der Waals surface area contributed by atoms with E-state index in [-0.39, 0.29) is 0 Å². The molecule has 0 unspecified atom stereocenters. The second kappa shape index (κ2) is 8.86.